The van der Waals surface area contributed by atoms with E-state index in [2.05, 4.69) is 29.2 Å². The van der Waals surface area contributed by atoms with Crippen LogP contribution in [0, 0.1) is 6.92 Å². The standard InChI is InChI=1S/C14H25N5O/c1-9(2)12-16-13(18-15)10(3)14(17-12)19(7-8-20)11-5-4-6-11/h9,11,20H,4-8,15H2,1-3H3,(H,16,17,18). The van der Waals surface area contributed by atoms with E-state index in [4.69, 9.17) is 10.8 Å². The van der Waals surface area contributed by atoms with Gasteiger partial charge in [-0.25, -0.2) is 15.8 Å². The van der Waals surface area contributed by atoms with Crippen molar-refractivity contribution in [3.05, 3.63) is 11.4 Å². The number of anilines is 2. The first kappa shape index (κ1) is 15.0. The molecule has 6 heteroatoms. The smallest absolute Gasteiger partial charge is 0.148 e. The molecule has 0 unspecified atom stereocenters. The monoisotopic (exact) mass is 279 g/mol. The lowest BCUT2D eigenvalue weighted by molar-refractivity contribution is 0.282. The number of nitrogens with two attached hydrogens (primary N) is 1. The highest BCUT2D eigenvalue weighted by molar-refractivity contribution is 5.59. The minimum atomic E-state index is 0.127. The molecule has 20 heavy (non-hydrogen) atoms. The Morgan fingerprint density at radius 1 is 1.40 bits per heavy atom. The van der Waals surface area contributed by atoms with Gasteiger partial charge >= 0.3 is 0 Å². The van der Waals surface area contributed by atoms with Crippen LogP contribution in [-0.2, 0) is 0 Å². The highest BCUT2D eigenvalue weighted by Gasteiger charge is 2.28. The highest BCUT2D eigenvalue weighted by Crippen LogP contribution is 2.32. The van der Waals surface area contributed by atoms with E-state index < -0.39 is 0 Å². The lowest BCUT2D eigenvalue weighted by Gasteiger charge is -2.39. The van der Waals surface area contributed by atoms with Gasteiger partial charge in [-0.2, -0.15) is 0 Å². The van der Waals surface area contributed by atoms with Gasteiger partial charge in [-0.3, -0.25) is 0 Å². The lowest BCUT2D eigenvalue weighted by atomic mass is 9.91. The first-order valence-corrected chi connectivity index (χ1v) is 7.31. The number of hydrazine groups is 1. The van der Waals surface area contributed by atoms with E-state index in [0.717, 1.165) is 30.0 Å². The summed E-state index contributed by atoms with van der Waals surface area (Å²) in [6.45, 7) is 6.83. The third-order valence-corrected chi connectivity index (χ3v) is 3.92. The van der Waals surface area contributed by atoms with Crippen LogP contribution in [0.4, 0.5) is 11.6 Å². The summed E-state index contributed by atoms with van der Waals surface area (Å²) in [5, 5.41) is 9.34. The van der Waals surface area contributed by atoms with Crippen molar-refractivity contribution in [1.82, 2.24) is 9.97 Å². The third kappa shape index (κ3) is 2.86. The van der Waals surface area contributed by atoms with Crippen molar-refractivity contribution >= 4 is 11.6 Å². The van der Waals surface area contributed by atoms with Crippen molar-refractivity contribution < 1.29 is 5.11 Å². The third-order valence-electron chi connectivity index (χ3n) is 3.92. The number of aromatic nitrogens is 2. The number of nitrogens with zero attached hydrogens (tertiary/aromatic N) is 3. The molecule has 1 aliphatic carbocycles. The Bertz CT molecular complexity index is 459. The van der Waals surface area contributed by atoms with Crippen molar-refractivity contribution in [3.63, 3.8) is 0 Å². The van der Waals surface area contributed by atoms with Crippen LogP contribution in [0.1, 0.15) is 50.4 Å². The van der Waals surface area contributed by atoms with E-state index in [1.165, 1.54) is 6.42 Å². The molecule has 0 saturated heterocycles. The average molecular weight is 279 g/mol. The Kier molecular flexibility index (Phi) is 4.77. The minimum Gasteiger partial charge on any atom is -0.395 e. The molecule has 112 valence electrons. The molecule has 1 fully saturated rings. The van der Waals surface area contributed by atoms with E-state index in [1.807, 2.05) is 6.92 Å². The van der Waals surface area contributed by atoms with Gasteiger partial charge in [0.1, 0.15) is 17.5 Å². The first-order valence-electron chi connectivity index (χ1n) is 7.31. The second-order valence-corrected chi connectivity index (χ2v) is 5.68. The summed E-state index contributed by atoms with van der Waals surface area (Å²) in [5.74, 6) is 8.16. The normalized spacial score (nSPS) is 15.3. The molecule has 0 aliphatic heterocycles. The second kappa shape index (κ2) is 6.37. The number of hydrogen-bond acceptors (Lipinski definition) is 6. The van der Waals surface area contributed by atoms with Gasteiger partial charge in [0.05, 0.1) is 6.61 Å². The molecule has 4 N–H and O–H groups in total. The number of aliphatic hydroxyl groups excluding tert-OH is 1. The maximum Gasteiger partial charge on any atom is 0.148 e. The molecule has 1 heterocycles. The minimum absolute atomic E-state index is 0.127. The predicted molar refractivity (Wildman–Crippen MR) is 80.7 cm³/mol. The Labute approximate surface area is 120 Å². The molecule has 0 amide bonds. The Morgan fingerprint density at radius 2 is 2.10 bits per heavy atom. The van der Waals surface area contributed by atoms with Gasteiger partial charge in [0.2, 0.25) is 0 Å². The van der Waals surface area contributed by atoms with Gasteiger partial charge in [-0.05, 0) is 26.2 Å². The highest BCUT2D eigenvalue weighted by atomic mass is 16.3. The van der Waals surface area contributed by atoms with Crippen LogP contribution in [0.25, 0.3) is 0 Å². The number of hydrogen-bond donors (Lipinski definition) is 3. The zero-order valence-electron chi connectivity index (χ0n) is 12.6. The molecule has 6 nitrogen and oxygen atoms in total. The van der Waals surface area contributed by atoms with Gasteiger partial charge < -0.3 is 15.4 Å². The van der Waals surface area contributed by atoms with Gasteiger partial charge in [0, 0.05) is 24.1 Å². The Balaban J connectivity index is 2.42. The quantitative estimate of drug-likeness (QED) is 0.541. The molecule has 1 aliphatic rings. The molecule has 0 aromatic carbocycles. The molecule has 0 bridgehead atoms. The molecule has 0 atom stereocenters. The number of nitrogens with one attached hydrogen (secondary N) is 1. The number of aliphatic hydroxyl groups is 1. The zero-order valence-corrected chi connectivity index (χ0v) is 12.6. The molecule has 1 saturated carbocycles. The van der Waals surface area contributed by atoms with Crippen LogP contribution in [-0.4, -0.2) is 34.3 Å². The van der Waals surface area contributed by atoms with Crippen molar-refractivity contribution in [2.45, 2.75) is 52.0 Å². The molecule has 1 aromatic heterocycles. The van der Waals surface area contributed by atoms with Crippen LogP contribution >= 0.6 is 0 Å². The van der Waals surface area contributed by atoms with Crippen LogP contribution in [0.15, 0.2) is 0 Å². The predicted octanol–water partition coefficient (Wildman–Crippen LogP) is 1.55. The topological polar surface area (TPSA) is 87.3 Å². The summed E-state index contributed by atoms with van der Waals surface area (Å²) in [7, 11) is 0. The first-order chi connectivity index (χ1) is 9.58. The summed E-state index contributed by atoms with van der Waals surface area (Å²) in [5.41, 5.74) is 3.60. The fourth-order valence-electron chi connectivity index (χ4n) is 2.47. The number of nitrogen functional groups attached to an aromatic ring is 1. The van der Waals surface area contributed by atoms with Gasteiger partial charge in [0.15, 0.2) is 0 Å². The maximum atomic E-state index is 9.34. The molecule has 0 spiro atoms. The Hall–Kier alpha value is -1.40. The zero-order chi connectivity index (χ0) is 14.7. The molecule has 2 rings (SSSR count). The van der Waals surface area contributed by atoms with Crippen molar-refractivity contribution in [2.24, 2.45) is 5.84 Å². The van der Waals surface area contributed by atoms with E-state index in [-0.39, 0.29) is 12.5 Å². The summed E-state index contributed by atoms with van der Waals surface area (Å²) >= 11 is 0. The molecular weight excluding hydrogens is 254 g/mol. The van der Waals surface area contributed by atoms with Crippen LogP contribution in [0.2, 0.25) is 0 Å². The van der Waals surface area contributed by atoms with Crippen molar-refractivity contribution in [1.29, 1.82) is 0 Å². The SMILES string of the molecule is Cc1c(NN)nc(C(C)C)nc1N(CCO)C1CCC1. The largest absolute Gasteiger partial charge is 0.395 e. The summed E-state index contributed by atoms with van der Waals surface area (Å²) < 4.78 is 0. The van der Waals surface area contributed by atoms with E-state index in [9.17, 15) is 5.11 Å². The maximum absolute atomic E-state index is 9.34. The fourth-order valence-corrected chi connectivity index (χ4v) is 2.47. The van der Waals surface area contributed by atoms with E-state index in [1.54, 1.807) is 0 Å². The summed E-state index contributed by atoms with van der Waals surface area (Å²) in [6, 6.07) is 0.474. The number of rotatable bonds is 6. The van der Waals surface area contributed by atoms with Gasteiger partial charge in [-0.15, -0.1) is 0 Å². The van der Waals surface area contributed by atoms with Crippen LogP contribution in [0.5, 0.6) is 0 Å². The molecular formula is C14H25N5O. The van der Waals surface area contributed by atoms with Gasteiger partial charge in [0.25, 0.3) is 0 Å². The van der Waals surface area contributed by atoms with Crippen LogP contribution in [0.3, 0.4) is 0 Å². The van der Waals surface area contributed by atoms with E-state index >= 15 is 0 Å². The Morgan fingerprint density at radius 3 is 2.55 bits per heavy atom. The van der Waals surface area contributed by atoms with Crippen molar-refractivity contribution in [2.75, 3.05) is 23.5 Å². The summed E-state index contributed by atoms with van der Waals surface area (Å²) in [4.78, 5) is 11.4. The van der Waals surface area contributed by atoms with E-state index in [0.29, 0.717) is 18.4 Å². The second-order valence-electron chi connectivity index (χ2n) is 5.68. The molecule has 1 aromatic rings. The van der Waals surface area contributed by atoms with Crippen LogP contribution < -0.4 is 16.2 Å². The van der Waals surface area contributed by atoms with Crippen molar-refractivity contribution in [3.8, 4) is 0 Å². The average Bonchev–Trinajstić information content (AvgIpc) is 2.36. The lowest BCUT2D eigenvalue weighted by Crippen LogP contribution is -2.43. The summed E-state index contributed by atoms with van der Waals surface area (Å²) in [6.07, 6.45) is 3.56. The molecule has 0 radical (unpaired) electrons. The van der Waals surface area contributed by atoms with Gasteiger partial charge in [-0.1, -0.05) is 13.8 Å². The fraction of sp³-hybridized carbons (Fsp3) is 0.714.